The molecule has 1 aromatic heterocycles. The Labute approximate surface area is 136 Å². The third-order valence-corrected chi connectivity index (χ3v) is 4.30. The lowest BCUT2D eigenvalue weighted by atomic mass is 9.93. The maximum atomic E-state index is 12.1. The fourth-order valence-electron chi connectivity index (χ4n) is 2.96. The van der Waals surface area contributed by atoms with Gasteiger partial charge in [-0.15, -0.1) is 12.4 Å². The zero-order chi connectivity index (χ0) is 14.7. The van der Waals surface area contributed by atoms with Crippen LogP contribution in [0.25, 0.3) is 10.9 Å². The zero-order valence-electron chi connectivity index (χ0n) is 12.8. The molecule has 5 nitrogen and oxygen atoms in total. The molecule has 1 fully saturated rings. The molecule has 6 heteroatoms. The molecule has 2 heterocycles. The van der Waals surface area contributed by atoms with Crippen molar-refractivity contribution in [3.63, 3.8) is 0 Å². The van der Waals surface area contributed by atoms with Crippen molar-refractivity contribution in [3.05, 3.63) is 23.9 Å². The summed E-state index contributed by atoms with van der Waals surface area (Å²) in [7, 11) is 0. The van der Waals surface area contributed by atoms with Gasteiger partial charge in [0.1, 0.15) is 0 Å². The van der Waals surface area contributed by atoms with E-state index in [1.54, 1.807) is 6.20 Å². The number of H-pyrrole nitrogens is 1. The number of benzene rings is 1. The predicted octanol–water partition coefficient (Wildman–Crippen LogP) is 3.01. The molecule has 0 radical (unpaired) electrons. The Bertz CT molecular complexity index is 634. The van der Waals surface area contributed by atoms with E-state index in [0.29, 0.717) is 12.3 Å². The Kier molecular flexibility index (Phi) is 5.80. The van der Waals surface area contributed by atoms with E-state index in [4.69, 9.17) is 0 Å². The molecule has 1 amide bonds. The molecule has 1 aliphatic rings. The van der Waals surface area contributed by atoms with Crippen molar-refractivity contribution in [1.29, 1.82) is 0 Å². The number of carbonyl (C=O) groups is 1. The lowest BCUT2D eigenvalue weighted by Gasteiger charge is -2.22. The minimum Gasteiger partial charge on any atom is -0.326 e. The van der Waals surface area contributed by atoms with Crippen LogP contribution in [0.1, 0.15) is 31.2 Å². The summed E-state index contributed by atoms with van der Waals surface area (Å²) in [4.78, 5) is 12.1. The highest BCUT2D eigenvalue weighted by atomic mass is 35.5. The quantitative estimate of drug-likeness (QED) is 0.810. The fourth-order valence-corrected chi connectivity index (χ4v) is 2.96. The van der Waals surface area contributed by atoms with Gasteiger partial charge in [-0.3, -0.25) is 9.89 Å². The first kappa shape index (κ1) is 16.8. The second-order valence-electron chi connectivity index (χ2n) is 5.90. The van der Waals surface area contributed by atoms with Crippen LogP contribution in [0.5, 0.6) is 0 Å². The highest BCUT2D eigenvalue weighted by Gasteiger charge is 2.15. The van der Waals surface area contributed by atoms with Crippen molar-refractivity contribution < 1.29 is 4.79 Å². The Morgan fingerprint density at radius 1 is 1.36 bits per heavy atom. The number of aryl methyl sites for hydroxylation is 1. The van der Waals surface area contributed by atoms with E-state index in [1.807, 2.05) is 19.1 Å². The minimum absolute atomic E-state index is 0. The molecular weight excluding hydrogens is 300 g/mol. The number of carbonyl (C=O) groups excluding carboxylic acids is 1. The molecule has 0 atom stereocenters. The third kappa shape index (κ3) is 3.99. The normalized spacial score (nSPS) is 15.5. The molecule has 0 saturated carbocycles. The van der Waals surface area contributed by atoms with Crippen LogP contribution in [0.2, 0.25) is 0 Å². The van der Waals surface area contributed by atoms with Gasteiger partial charge in [0.2, 0.25) is 5.91 Å². The van der Waals surface area contributed by atoms with Crippen LogP contribution < -0.4 is 10.6 Å². The van der Waals surface area contributed by atoms with Gasteiger partial charge < -0.3 is 10.6 Å². The maximum absolute atomic E-state index is 12.1. The van der Waals surface area contributed by atoms with Crippen molar-refractivity contribution in [3.8, 4) is 0 Å². The number of aromatic amines is 1. The van der Waals surface area contributed by atoms with E-state index in [2.05, 4.69) is 20.8 Å². The molecule has 1 aliphatic heterocycles. The number of aromatic nitrogens is 2. The highest BCUT2D eigenvalue weighted by Crippen LogP contribution is 2.23. The van der Waals surface area contributed by atoms with Crippen LogP contribution in [-0.4, -0.2) is 29.2 Å². The van der Waals surface area contributed by atoms with E-state index in [9.17, 15) is 4.79 Å². The summed E-state index contributed by atoms with van der Waals surface area (Å²) in [5.74, 6) is 0.795. The molecular formula is C16H23ClN4O. The van der Waals surface area contributed by atoms with Gasteiger partial charge in [0.15, 0.2) is 0 Å². The number of halogens is 1. The smallest absolute Gasteiger partial charge is 0.224 e. The molecule has 22 heavy (non-hydrogen) atoms. The molecule has 120 valence electrons. The molecule has 3 N–H and O–H groups in total. The number of anilines is 1. The first-order valence-electron chi connectivity index (χ1n) is 7.66. The van der Waals surface area contributed by atoms with Crippen molar-refractivity contribution in [2.24, 2.45) is 5.92 Å². The summed E-state index contributed by atoms with van der Waals surface area (Å²) in [6.07, 6.45) is 5.76. The van der Waals surface area contributed by atoms with Crippen LogP contribution in [0.15, 0.2) is 18.3 Å². The van der Waals surface area contributed by atoms with Gasteiger partial charge in [-0.25, -0.2) is 0 Å². The number of nitrogens with one attached hydrogen (secondary N) is 3. The number of nitrogens with zero attached hydrogens (tertiary/aromatic N) is 1. The lowest BCUT2D eigenvalue weighted by Crippen LogP contribution is -2.28. The molecule has 0 spiro atoms. The summed E-state index contributed by atoms with van der Waals surface area (Å²) in [5, 5.41) is 14.4. The number of fused-ring (bicyclic) bond motifs is 1. The van der Waals surface area contributed by atoms with Gasteiger partial charge in [0.05, 0.1) is 11.7 Å². The Hall–Kier alpha value is -1.59. The van der Waals surface area contributed by atoms with E-state index >= 15 is 0 Å². The van der Waals surface area contributed by atoms with Crippen LogP contribution >= 0.6 is 12.4 Å². The Morgan fingerprint density at radius 3 is 2.91 bits per heavy atom. The van der Waals surface area contributed by atoms with E-state index < -0.39 is 0 Å². The number of piperidine rings is 1. The number of hydrogen-bond donors (Lipinski definition) is 3. The number of hydrogen-bond acceptors (Lipinski definition) is 3. The first-order valence-corrected chi connectivity index (χ1v) is 7.66. The van der Waals surface area contributed by atoms with Crippen molar-refractivity contribution in [2.75, 3.05) is 18.4 Å². The topological polar surface area (TPSA) is 69.8 Å². The Balaban J connectivity index is 0.00000176. The summed E-state index contributed by atoms with van der Waals surface area (Å²) in [6.45, 7) is 4.18. The van der Waals surface area contributed by atoms with Crippen LogP contribution in [0.3, 0.4) is 0 Å². The second-order valence-corrected chi connectivity index (χ2v) is 5.90. The maximum Gasteiger partial charge on any atom is 0.224 e. The predicted molar refractivity (Wildman–Crippen MR) is 91.5 cm³/mol. The molecule has 0 bridgehead atoms. The van der Waals surface area contributed by atoms with Gasteiger partial charge in [-0.05, 0) is 62.9 Å². The summed E-state index contributed by atoms with van der Waals surface area (Å²) >= 11 is 0. The molecule has 3 rings (SSSR count). The zero-order valence-corrected chi connectivity index (χ0v) is 13.6. The van der Waals surface area contributed by atoms with Crippen molar-refractivity contribution in [1.82, 2.24) is 15.5 Å². The van der Waals surface area contributed by atoms with Crippen LogP contribution in [0.4, 0.5) is 5.69 Å². The van der Waals surface area contributed by atoms with Gasteiger partial charge in [-0.2, -0.15) is 5.10 Å². The van der Waals surface area contributed by atoms with Gasteiger partial charge >= 0.3 is 0 Å². The SMILES string of the molecule is Cc1cc2cn[nH]c2cc1NC(=O)CCC1CCNCC1.Cl. The summed E-state index contributed by atoms with van der Waals surface area (Å²) < 4.78 is 0. The molecule has 0 aliphatic carbocycles. The van der Waals surface area contributed by atoms with Gasteiger partial charge in [0.25, 0.3) is 0 Å². The summed E-state index contributed by atoms with van der Waals surface area (Å²) in [5.41, 5.74) is 2.90. The lowest BCUT2D eigenvalue weighted by molar-refractivity contribution is -0.116. The molecule has 1 aromatic carbocycles. The summed E-state index contributed by atoms with van der Waals surface area (Å²) in [6, 6.07) is 4.00. The Morgan fingerprint density at radius 2 is 2.14 bits per heavy atom. The monoisotopic (exact) mass is 322 g/mol. The number of rotatable bonds is 4. The van der Waals surface area contributed by atoms with E-state index in [-0.39, 0.29) is 18.3 Å². The number of amides is 1. The van der Waals surface area contributed by atoms with Crippen molar-refractivity contribution in [2.45, 2.75) is 32.6 Å². The average molecular weight is 323 g/mol. The van der Waals surface area contributed by atoms with Gasteiger partial charge in [0, 0.05) is 17.5 Å². The average Bonchev–Trinajstić information content (AvgIpc) is 2.94. The van der Waals surface area contributed by atoms with Crippen LogP contribution in [0, 0.1) is 12.8 Å². The first-order chi connectivity index (χ1) is 10.2. The van der Waals surface area contributed by atoms with Gasteiger partial charge in [-0.1, -0.05) is 0 Å². The standard InChI is InChI=1S/C16H22N4O.ClH/c1-11-8-13-10-18-20-15(13)9-14(11)19-16(21)3-2-12-4-6-17-7-5-12;/h8-10,12,17H,2-7H2,1H3,(H,18,20)(H,19,21);1H. The molecule has 2 aromatic rings. The highest BCUT2D eigenvalue weighted by molar-refractivity contribution is 5.94. The fraction of sp³-hybridized carbons (Fsp3) is 0.500. The van der Waals surface area contributed by atoms with E-state index in [1.165, 1.54) is 12.8 Å². The third-order valence-electron chi connectivity index (χ3n) is 4.30. The largest absolute Gasteiger partial charge is 0.326 e. The second kappa shape index (κ2) is 7.61. The van der Waals surface area contributed by atoms with Crippen molar-refractivity contribution >= 4 is 34.9 Å². The minimum atomic E-state index is 0. The van der Waals surface area contributed by atoms with E-state index in [0.717, 1.165) is 41.7 Å². The molecule has 0 unspecified atom stereocenters. The molecule has 1 saturated heterocycles. The van der Waals surface area contributed by atoms with Crippen LogP contribution in [-0.2, 0) is 4.79 Å².